The zero-order valence-electron chi connectivity index (χ0n) is 73.2. The van der Waals surface area contributed by atoms with Crippen molar-refractivity contribution >= 4 is 23.5 Å². The Morgan fingerprint density at radius 3 is 0.557 bits per heavy atom. The van der Waals surface area contributed by atoms with Crippen molar-refractivity contribution in [2.75, 3.05) is 0 Å². The molecule has 3 aliphatic rings. The van der Waals surface area contributed by atoms with Crippen LogP contribution in [0.2, 0.25) is 0 Å². The fourth-order valence-electron chi connectivity index (χ4n) is 13.1. The molecule has 0 radical (unpaired) electrons. The third-order valence-electron chi connectivity index (χ3n) is 19.9. The number of hydrogen-bond acceptors (Lipinski definition) is 12. The van der Waals surface area contributed by atoms with Gasteiger partial charge in [-0.25, -0.2) is 13.7 Å². The topological polar surface area (TPSA) is 176 Å². The largest absolute Gasteiger partial charge is 1.00 e. The van der Waals surface area contributed by atoms with Crippen molar-refractivity contribution in [2.24, 2.45) is 0 Å². The van der Waals surface area contributed by atoms with Crippen LogP contribution in [-0.2, 0) is 91.5 Å². The predicted octanol–water partition coefficient (Wildman–Crippen LogP) is 14.7. The average Bonchev–Trinajstić information content (AvgIpc) is 0.753. The van der Waals surface area contributed by atoms with Gasteiger partial charge in [-0.3, -0.25) is 0 Å². The SMILES string of the molecule is CC(C)(C)c1cc2c(c(C(C)(C)C)c1)OP(=O)([O-])Oc1c(cc(C(C)(C)C)cc1C(C)(C)C)C2.CC(C)(C)c1cc2c(c(C(C)(C)C)c1)OP(=O)([O-])Oc1c(cc(C(C)(C)C)cc1C(C)(C)C)C2.CC1c2cc(C(C)(C)C)cc(C(C)(C)C)c2OP(=O)([O-])Oc2c1cc(C(C)(C)C)cc2C(C)(C)C.[K+].[Li+].[Na+]. The molecule has 6 aromatic rings. The molecule has 0 fully saturated rings. The van der Waals surface area contributed by atoms with Gasteiger partial charge in [0, 0.05) is 63.3 Å². The summed E-state index contributed by atoms with van der Waals surface area (Å²) in [6.45, 7) is 78.8. The summed E-state index contributed by atoms with van der Waals surface area (Å²) in [5.41, 5.74) is 15.0. The minimum atomic E-state index is -4.70. The van der Waals surface area contributed by atoms with Gasteiger partial charge in [-0.15, -0.1) is 0 Å². The maximum atomic E-state index is 13.4. The van der Waals surface area contributed by atoms with Crippen LogP contribution in [0.25, 0.3) is 0 Å². The predicted molar refractivity (Wildman–Crippen MR) is 423 cm³/mol. The zero-order chi connectivity index (χ0) is 79.1. The number of phosphoric acid groups is 3. The van der Waals surface area contributed by atoms with Crippen molar-refractivity contribution in [1.82, 2.24) is 0 Å². The minimum Gasteiger partial charge on any atom is -0.736 e. The molecular formula is C88H128KLiNaO12P3. The van der Waals surface area contributed by atoms with Crippen LogP contribution in [0.3, 0.4) is 0 Å². The van der Waals surface area contributed by atoms with E-state index in [4.69, 9.17) is 27.1 Å². The van der Waals surface area contributed by atoms with Gasteiger partial charge in [0.1, 0.15) is 34.5 Å². The molecular weight excluding hydrogens is 1410 g/mol. The molecule has 0 amide bonds. The second-order valence-corrected chi connectivity index (χ2v) is 45.7. The number of phosphoric ester groups is 3. The van der Waals surface area contributed by atoms with E-state index < -0.39 is 23.5 Å². The monoisotopic (exact) mass is 1540 g/mol. The van der Waals surface area contributed by atoms with Gasteiger partial charge in [0.2, 0.25) is 0 Å². The van der Waals surface area contributed by atoms with Crippen molar-refractivity contribution in [1.29, 1.82) is 0 Å². The first-order chi connectivity index (χ1) is 45.7. The smallest absolute Gasteiger partial charge is 0.736 e. The fraction of sp³-hybridized carbons (Fsp3) is 0.591. The maximum absolute atomic E-state index is 13.4. The molecule has 3 aliphatic heterocycles. The van der Waals surface area contributed by atoms with E-state index in [9.17, 15) is 28.4 Å². The molecule has 0 bridgehead atoms. The molecule has 0 unspecified atom stereocenters. The first-order valence-electron chi connectivity index (χ1n) is 36.9. The van der Waals surface area contributed by atoms with E-state index >= 15 is 0 Å². The van der Waals surface area contributed by atoms with Crippen LogP contribution in [0.5, 0.6) is 34.5 Å². The molecule has 0 N–H and O–H groups in total. The normalized spacial score (nSPS) is 17.6. The molecule has 3 heterocycles. The number of rotatable bonds is 0. The van der Waals surface area contributed by atoms with Gasteiger partial charge in [-0.1, -0.05) is 329 Å². The summed E-state index contributed by atoms with van der Waals surface area (Å²) in [4.78, 5) is 39.9. The molecule has 570 valence electrons. The summed E-state index contributed by atoms with van der Waals surface area (Å²) in [5, 5.41) is 0. The molecule has 0 saturated heterocycles. The third kappa shape index (κ3) is 23.1. The Balaban J connectivity index is 0.000000332. The van der Waals surface area contributed by atoms with E-state index in [1.165, 1.54) is 0 Å². The minimum absolute atomic E-state index is 0. The molecule has 0 aliphatic carbocycles. The first kappa shape index (κ1) is 96.3. The maximum Gasteiger partial charge on any atom is 1.00 e. The number of fused-ring (bicyclic) bond motifs is 6. The van der Waals surface area contributed by atoms with E-state index in [1.807, 2.05) is 0 Å². The van der Waals surface area contributed by atoms with Gasteiger partial charge in [0.15, 0.2) is 0 Å². The molecule has 6 aromatic carbocycles. The Morgan fingerprint density at radius 1 is 0.264 bits per heavy atom. The van der Waals surface area contributed by atoms with Gasteiger partial charge in [0.25, 0.3) is 0 Å². The first-order valence-corrected chi connectivity index (χ1v) is 41.3. The Morgan fingerprint density at radius 2 is 0.406 bits per heavy atom. The summed E-state index contributed by atoms with van der Waals surface area (Å²) in [5.74, 6) is 2.30. The Labute approximate surface area is 718 Å². The molecule has 0 saturated carbocycles. The summed E-state index contributed by atoms with van der Waals surface area (Å²) >= 11 is 0. The van der Waals surface area contributed by atoms with Crippen LogP contribution in [0.15, 0.2) is 72.8 Å². The Hall–Kier alpha value is -2.08. The number of hydrogen-bond donors (Lipinski definition) is 0. The van der Waals surface area contributed by atoms with Crippen LogP contribution in [0.1, 0.15) is 362 Å². The molecule has 0 aromatic heterocycles. The van der Waals surface area contributed by atoms with Gasteiger partial charge in [-0.05, 0) is 121 Å². The van der Waals surface area contributed by atoms with Crippen LogP contribution in [0, 0.1) is 0 Å². The summed E-state index contributed by atoms with van der Waals surface area (Å²) in [7, 11) is -14.1. The van der Waals surface area contributed by atoms with E-state index in [1.54, 1.807) is 0 Å². The van der Waals surface area contributed by atoms with Crippen LogP contribution < -0.4 is 142 Å². The standard InChI is InChI=1S/C30H45O4P.2C29H43O4P.K.Li.Na/c1-18-21-14-19(27(2,3)4)16-23(29(8,9)10)25(21)33-35(31,32)34-26-22(18)15-20(28(5,6)7)17-24(26)30(11,12)13;2*1-26(2,3)20-14-18-13-19-15-21(27(4,5)6)17-23(29(10,11)12)25(19)33-34(30,31)32-24(18)22(16-20)28(7,8)9;;;/h14-18H,1-13H3,(H,31,32);2*14-17H,13H2,1-12H3,(H,30,31);;;/q;;;3*+1/p-3. The second-order valence-electron chi connectivity index (χ2n) is 41.9. The quantitative estimate of drug-likeness (QED) is 0.104. The second kappa shape index (κ2) is 32.0. The van der Waals surface area contributed by atoms with Crippen molar-refractivity contribution in [2.45, 2.75) is 340 Å². The van der Waals surface area contributed by atoms with Crippen molar-refractivity contribution in [3.8, 4) is 34.5 Å². The van der Waals surface area contributed by atoms with Crippen molar-refractivity contribution in [3.63, 3.8) is 0 Å². The molecule has 0 spiro atoms. The Bertz CT molecular complexity index is 3940. The van der Waals surface area contributed by atoms with E-state index in [0.29, 0.717) is 47.3 Å². The molecule has 106 heavy (non-hydrogen) atoms. The fourth-order valence-corrected chi connectivity index (χ4v) is 15.8. The molecule has 18 heteroatoms. The van der Waals surface area contributed by atoms with Gasteiger partial charge in [-0.2, -0.15) is 0 Å². The van der Waals surface area contributed by atoms with Gasteiger partial charge >= 0.3 is 123 Å². The van der Waals surface area contributed by atoms with Crippen LogP contribution in [0.4, 0.5) is 0 Å². The van der Waals surface area contributed by atoms with Gasteiger partial charge in [0.05, 0.1) is 0 Å². The zero-order valence-corrected chi connectivity index (χ0v) is 81.0. The van der Waals surface area contributed by atoms with Crippen molar-refractivity contribution < 1.29 is 155 Å². The third-order valence-corrected chi connectivity index (χ3v) is 22.3. The van der Waals surface area contributed by atoms with E-state index in [2.05, 4.69) is 329 Å². The molecule has 0 atom stereocenters. The number of benzene rings is 6. The summed E-state index contributed by atoms with van der Waals surface area (Å²) in [6.07, 6.45) is 1.06. The van der Waals surface area contributed by atoms with Crippen molar-refractivity contribution in [3.05, 3.63) is 173 Å². The summed E-state index contributed by atoms with van der Waals surface area (Å²) in [6, 6.07) is 25.3. The Kier molecular flexibility index (Phi) is 29.0. The average molecular weight is 1540 g/mol. The molecule has 9 rings (SSSR count). The summed E-state index contributed by atoms with van der Waals surface area (Å²) < 4.78 is 74.5. The molecule has 12 nitrogen and oxygen atoms in total. The van der Waals surface area contributed by atoms with Gasteiger partial charge < -0.3 is 41.8 Å². The van der Waals surface area contributed by atoms with E-state index in [0.717, 1.165) is 100 Å². The van der Waals surface area contributed by atoms with E-state index in [-0.39, 0.29) is 171 Å². The van der Waals surface area contributed by atoms with Crippen LogP contribution in [-0.4, -0.2) is 0 Å². The van der Waals surface area contributed by atoms with Crippen LogP contribution >= 0.6 is 23.5 Å².